The molecule has 4 heteroatoms. The second kappa shape index (κ2) is 5.41. The summed E-state index contributed by atoms with van der Waals surface area (Å²) in [5.74, 6) is 0.289. The first kappa shape index (κ1) is 12.2. The molecule has 1 aromatic carbocycles. The van der Waals surface area contributed by atoms with Crippen LogP contribution in [0, 0.1) is 0 Å². The maximum Gasteiger partial charge on any atom is 0.313 e. The van der Waals surface area contributed by atoms with Crippen LogP contribution in [-0.4, -0.2) is 19.2 Å². The first-order valence-corrected chi connectivity index (χ1v) is 6.19. The Morgan fingerprint density at radius 1 is 1.59 bits per heavy atom. The number of carbonyl (C=O) groups excluding carboxylic acids is 1. The van der Waals surface area contributed by atoms with Crippen molar-refractivity contribution < 1.29 is 14.3 Å². The maximum atomic E-state index is 11.9. The minimum absolute atomic E-state index is 0.193. The Morgan fingerprint density at radius 2 is 2.41 bits per heavy atom. The molecule has 0 bridgehead atoms. The van der Waals surface area contributed by atoms with Gasteiger partial charge in [-0.1, -0.05) is 11.6 Å². The number of halogens is 1. The van der Waals surface area contributed by atoms with Gasteiger partial charge in [0.2, 0.25) is 0 Å². The number of hydrogen-bond donors (Lipinski definition) is 0. The van der Waals surface area contributed by atoms with E-state index in [9.17, 15) is 4.79 Å². The average Bonchev–Trinajstić information content (AvgIpc) is 2.51. The van der Waals surface area contributed by atoms with Gasteiger partial charge in [-0.3, -0.25) is 4.79 Å². The Bertz CT molecular complexity index is 417. The fourth-order valence-electron chi connectivity index (χ4n) is 2.04. The third kappa shape index (κ3) is 2.72. The van der Waals surface area contributed by atoms with Crippen LogP contribution in [0.25, 0.3) is 0 Å². The van der Waals surface area contributed by atoms with Gasteiger partial charge in [-0.25, -0.2) is 0 Å². The van der Waals surface area contributed by atoms with E-state index in [1.807, 2.05) is 13.0 Å². The molecule has 0 spiro atoms. The number of rotatable bonds is 2. The fraction of sp³-hybridized carbons (Fsp3) is 0.462. The highest BCUT2D eigenvalue weighted by molar-refractivity contribution is 6.30. The molecular weight excluding hydrogens is 240 g/mol. The molecule has 17 heavy (non-hydrogen) atoms. The largest absolute Gasteiger partial charge is 0.493 e. The second-order valence-electron chi connectivity index (χ2n) is 3.98. The number of fused-ring (bicyclic) bond motifs is 1. The highest BCUT2D eigenvalue weighted by Gasteiger charge is 2.27. The van der Waals surface area contributed by atoms with Crippen LogP contribution in [0.3, 0.4) is 0 Å². The Labute approximate surface area is 106 Å². The van der Waals surface area contributed by atoms with Crippen molar-refractivity contribution in [3.8, 4) is 5.75 Å². The van der Waals surface area contributed by atoms with Gasteiger partial charge < -0.3 is 9.47 Å². The maximum absolute atomic E-state index is 11.9. The molecule has 2 rings (SSSR count). The summed E-state index contributed by atoms with van der Waals surface area (Å²) in [5.41, 5.74) is 0.841. The van der Waals surface area contributed by atoms with Crippen LogP contribution in [0.2, 0.25) is 5.02 Å². The van der Waals surface area contributed by atoms with Crippen molar-refractivity contribution in [1.82, 2.24) is 0 Å². The van der Waals surface area contributed by atoms with E-state index >= 15 is 0 Å². The molecule has 1 atom stereocenters. The van der Waals surface area contributed by atoms with Gasteiger partial charge in [-0.05, 0) is 38.0 Å². The zero-order valence-electron chi connectivity index (χ0n) is 9.74. The summed E-state index contributed by atoms with van der Waals surface area (Å²) in [6.45, 7) is 2.83. The highest BCUT2D eigenvalue weighted by Crippen LogP contribution is 2.35. The van der Waals surface area contributed by atoms with Crippen LogP contribution in [0.5, 0.6) is 5.75 Å². The predicted molar refractivity (Wildman–Crippen MR) is 65.6 cm³/mol. The minimum atomic E-state index is -0.258. The molecule has 1 aliphatic heterocycles. The minimum Gasteiger partial charge on any atom is -0.493 e. The van der Waals surface area contributed by atoms with Crippen molar-refractivity contribution in [3.05, 3.63) is 28.8 Å². The highest BCUT2D eigenvalue weighted by atomic mass is 35.5. The van der Waals surface area contributed by atoms with Crippen LogP contribution in [-0.2, 0) is 9.53 Å². The third-order valence-electron chi connectivity index (χ3n) is 2.81. The van der Waals surface area contributed by atoms with Crippen LogP contribution in [0.15, 0.2) is 18.2 Å². The van der Waals surface area contributed by atoms with Gasteiger partial charge in [-0.15, -0.1) is 0 Å². The first-order valence-electron chi connectivity index (χ1n) is 5.81. The molecule has 92 valence electrons. The molecule has 0 saturated carbocycles. The molecular formula is C13H15ClO3. The van der Waals surface area contributed by atoms with Crippen LogP contribution >= 0.6 is 11.6 Å². The number of esters is 1. The molecule has 1 aromatic rings. The Morgan fingerprint density at radius 3 is 3.18 bits per heavy atom. The molecule has 0 aromatic heterocycles. The van der Waals surface area contributed by atoms with Crippen LogP contribution < -0.4 is 4.74 Å². The van der Waals surface area contributed by atoms with Crippen LogP contribution in [0.4, 0.5) is 0 Å². The smallest absolute Gasteiger partial charge is 0.313 e. The Hall–Kier alpha value is -1.22. The topological polar surface area (TPSA) is 35.5 Å². The summed E-state index contributed by atoms with van der Waals surface area (Å²) in [6.07, 6.45) is 1.59. The monoisotopic (exact) mass is 254 g/mol. The van der Waals surface area contributed by atoms with Crippen molar-refractivity contribution in [2.45, 2.75) is 25.7 Å². The van der Waals surface area contributed by atoms with Crippen molar-refractivity contribution in [1.29, 1.82) is 0 Å². The van der Waals surface area contributed by atoms with E-state index in [1.165, 1.54) is 0 Å². The van der Waals surface area contributed by atoms with Crippen molar-refractivity contribution >= 4 is 17.6 Å². The van der Waals surface area contributed by atoms with Gasteiger partial charge in [0, 0.05) is 10.6 Å². The number of benzene rings is 1. The van der Waals surface area contributed by atoms with Gasteiger partial charge >= 0.3 is 5.97 Å². The average molecular weight is 255 g/mol. The Kier molecular flexibility index (Phi) is 3.89. The van der Waals surface area contributed by atoms with E-state index in [0.29, 0.717) is 18.2 Å². The summed E-state index contributed by atoms with van der Waals surface area (Å²) < 4.78 is 10.7. The third-order valence-corrected chi connectivity index (χ3v) is 3.05. The van der Waals surface area contributed by atoms with Gasteiger partial charge in [0.05, 0.1) is 19.1 Å². The van der Waals surface area contributed by atoms with E-state index in [0.717, 1.165) is 24.2 Å². The zero-order valence-corrected chi connectivity index (χ0v) is 10.5. The quantitative estimate of drug-likeness (QED) is 0.761. The molecule has 0 amide bonds. The number of carbonyl (C=O) groups is 1. The molecule has 0 aliphatic carbocycles. The molecule has 1 unspecified atom stereocenters. The van der Waals surface area contributed by atoms with E-state index in [-0.39, 0.29) is 11.9 Å². The molecule has 0 N–H and O–H groups in total. The lowest BCUT2D eigenvalue weighted by Gasteiger charge is -2.15. The molecule has 0 saturated heterocycles. The van der Waals surface area contributed by atoms with E-state index in [1.54, 1.807) is 12.1 Å². The van der Waals surface area contributed by atoms with E-state index < -0.39 is 0 Å². The molecule has 1 heterocycles. The van der Waals surface area contributed by atoms with Crippen molar-refractivity contribution in [2.24, 2.45) is 0 Å². The number of hydrogen-bond acceptors (Lipinski definition) is 3. The standard InChI is InChI=1S/C13H15ClO3/c1-2-16-13(15)10-4-3-7-17-12-6-5-9(14)8-11(10)12/h5-6,8,10H,2-4,7H2,1H3. The Balaban J connectivity index is 2.34. The molecule has 1 aliphatic rings. The van der Waals surface area contributed by atoms with Crippen LogP contribution in [0.1, 0.15) is 31.2 Å². The summed E-state index contributed by atoms with van der Waals surface area (Å²) in [6, 6.07) is 5.38. The van der Waals surface area contributed by atoms with Crippen molar-refractivity contribution in [2.75, 3.05) is 13.2 Å². The lowest BCUT2D eigenvalue weighted by molar-refractivity contribution is -0.145. The van der Waals surface area contributed by atoms with Gasteiger partial charge in [0.25, 0.3) is 0 Å². The summed E-state index contributed by atoms with van der Waals surface area (Å²) in [5, 5.41) is 0.614. The molecule has 3 nitrogen and oxygen atoms in total. The summed E-state index contributed by atoms with van der Waals surface area (Å²) >= 11 is 5.97. The van der Waals surface area contributed by atoms with Crippen molar-refractivity contribution in [3.63, 3.8) is 0 Å². The van der Waals surface area contributed by atoms with Gasteiger partial charge in [-0.2, -0.15) is 0 Å². The lowest BCUT2D eigenvalue weighted by atomic mass is 9.94. The van der Waals surface area contributed by atoms with Gasteiger partial charge in [0.1, 0.15) is 5.75 Å². The van der Waals surface area contributed by atoms with E-state index in [4.69, 9.17) is 21.1 Å². The SMILES string of the molecule is CCOC(=O)C1CCCOc2ccc(Cl)cc21. The van der Waals surface area contributed by atoms with E-state index in [2.05, 4.69) is 0 Å². The lowest BCUT2D eigenvalue weighted by Crippen LogP contribution is -2.15. The fourth-order valence-corrected chi connectivity index (χ4v) is 2.22. The zero-order chi connectivity index (χ0) is 12.3. The molecule has 0 fully saturated rings. The van der Waals surface area contributed by atoms with Gasteiger partial charge in [0.15, 0.2) is 0 Å². The predicted octanol–water partition coefficient (Wildman–Crippen LogP) is 3.16. The second-order valence-corrected chi connectivity index (χ2v) is 4.41. The first-order chi connectivity index (χ1) is 8.22. The normalized spacial score (nSPS) is 18.8. The molecule has 0 radical (unpaired) electrons. The number of ether oxygens (including phenoxy) is 2. The summed E-state index contributed by atoms with van der Waals surface area (Å²) in [4.78, 5) is 11.9. The summed E-state index contributed by atoms with van der Waals surface area (Å²) in [7, 11) is 0.